The summed E-state index contributed by atoms with van der Waals surface area (Å²) in [7, 11) is 3.26. The fourth-order valence-corrected chi connectivity index (χ4v) is 2.20. The van der Waals surface area contributed by atoms with Gasteiger partial charge in [-0.05, 0) is 44.2 Å². The quantitative estimate of drug-likeness (QED) is 0.884. The van der Waals surface area contributed by atoms with Gasteiger partial charge in [0, 0.05) is 19.2 Å². The number of H-pyrrole nitrogens is 1. The molecule has 1 heterocycles. The minimum Gasteiger partial charge on any atom is -0.497 e. The third-order valence-corrected chi connectivity index (χ3v) is 3.16. The number of benzene rings is 1. The average Bonchev–Trinajstić information content (AvgIpc) is 2.94. The Kier molecular flexibility index (Phi) is 4.51. The predicted molar refractivity (Wildman–Crippen MR) is 83.8 cm³/mol. The summed E-state index contributed by atoms with van der Waals surface area (Å²) in [5, 5.41) is 16.7. The first-order valence-electron chi connectivity index (χ1n) is 6.98. The van der Waals surface area contributed by atoms with Crippen LogP contribution in [0.3, 0.4) is 0 Å². The summed E-state index contributed by atoms with van der Waals surface area (Å²) in [5.41, 5.74) is 1.02. The Morgan fingerprint density at radius 2 is 2.00 bits per heavy atom. The maximum Gasteiger partial charge on any atom is 0.271 e. The average molecular weight is 303 g/mol. The van der Waals surface area contributed by atoms with Crippen molar-refractivity contribution in [3.8, 4) is 17.0 Å². The molecule has 6 nitrogen and oxygen atoms in total. The van der Waals surface area contributed by atoms with E-state index in [0.717, 1.165) is 11.3 Å². The van der Waals surface area contributed by atoms with Crippen molar-refractivity contribution in [2.45, 2.75) is 19.4 Å². The van der Waals surface area contributed by atoms with Gasteiger partial charge in [-0.15, -0.1) is 0 Å². The zero-order valence-electron chi connectivity index (χ0n) is 13.3. The molecule has 0 aliphatic heterocycles. The first-order chi connectivity index (χ1) is 10.3. The monoisotopic (exact) mass is 303 g/mol. The van der Waals surface area contributed by atoms with Crippen LogP contribution in [0, 0.1) is 0 Å². The number of nitrogens with one attached hydrogen (secondary N) is 1. The van der Waals surface area contributed by atoms with Crippen LogP contribution < -0.4 is 4.74 Å². The molecule has 2 rings (SSSR count). The molecule has 118 valence electrons. The summed E-state index contributed by atoms with van der Waals surface area (Å²) < 4.78 is 5.11. The normalized spacial score (nSPS) is 11.3. The zero-order chi connectivity index (χ0) is 16.3. The lowest BCUT2D eigenvalue weighted by Gasteiger charge is -2.24. The van der Waals surface area contributed by atoms with E-state index < -0.39 is 5.60 Å². The first-order valence-corrected chi connectivity index (χ1v) is 6.98. The van der Waals surface area contributed by atoms with Crippen molar-refractivity contribution in [2.75, 3.05) is 20.7 Å². The van der Waals surface area contributed by atoms with Gasteiger partial charge < -0.3 is 14.7 Å². The second-order valence-electron chi connectivity index (χ2n) is 5.87. The lowest BCUT2D eigenvalue weighted by Crippen LogP contribution is -2.39. The van der Waals surface area contributed by atoms with Gasteiger partial charge in [-0.3, -0.25) is 9.89 Å². The number of hydrogen-bond donors (Lipinski definition) is 2. The van der Waals surface area contributed by atoms with Crippen molar-refractivity contribution in [1.29, 1.82) is 0 Å². The molecule has 2 aromatic rings. The highest BCUT2D eigenvalue weighted by atomic mass is 16.5. The van der Waals surface area contributed by atoms with Crippen LogP contribution in [0.5, 0.6) is 5.75 Å². The van der Waals surface area contributed by atoms with E-state index in [1.807, 2.05) is 24.3 Å². The Labute approximate surface area is 129 Å². The largest absolute Gasteiger partial charge is 0.497 e. The number of carbonyl (C=O) groups is 1. The third-order valence-electron chi connectivity index (χ3n) is 3.16. The van der Waals surface area contributed by atoms with E-state index in [0.29, 0.717) is 11.4 Å². The Bertz CT molecular complexity index is 641. The Balaban J connectivity index is 2.14. The van der Waals surface area contributed by atoms with Crippen molar-refractivity contribution >= 4 is 5.91 Å². The van der Waals surface area contributed by atoms with E-state index in [1.54, 1.807) is 34.1 Å². The van der Waals surface area contributed by atoms with E-state index in [2.05, 4.69) is 10.2 Å². The zero-order valence-corrected chi connectivity index (χ0v) is 13.3. The molecule has 0 saturated heterocycles. The molecule has 0 saturated carbocycles. The summed E-state index contributed by atoms with van der Waals surface area (Å²) in [4.78, 5) is 13.8. The summed E-state index contributed by atoms with van der Waals surface area (Å²) in [6.45, 7) is 3.56. The van der Waals surface area contributed by atoms with Crippen LogP contribution in [-0.4, -0.2) is 52.4 Å². The Morgan fingerprint density at radius 3 is 2.55 bits per heavy atom. The molecule has 1 amide bonds. The van der Waals surface area contributed by atoms with E-state index in [1.165, 1.54) is 4.90 Å². The second-order valence-corrected chi connectivity index (χ2v) is 5.87. The van der Waals surface area contributed by atoms with Gasteiger partial charge in [-0.25, -0.2) is 0 Å². The highest BCUT2D eigenvalue weighted by molar-refractivity contribution is 5.93. The van der Waals surface area contributed by atoms with Crippen LogP contribution in [0.1, 0.15) is 24.3 Å². The first kappa shape index (κ1) is 16.0. The number of likely N-dealkylation sites (N-methyl/N-ethyl adjacent to an activating group) is 1. The fourth-order valence-electron chi connectivity index (χ4n) is 2.20. The van der Waals surface area contributed by atoms with E-state index in [-0.39, 0.29) is 12.5 Å². The molecule has 0 aliphatic carbocycles. The van der Waals surface area contributed by atoms with Gasteiger partial charge >= 0.3 is 0 Å². The van der Waals surface area contributed by atoms with Crippen LogP contribution in [0.4, 0.5) is 0 Å². The van der Waals surface area contributed by atoms with Gasteiger partial charge in [0.15, 0.2) is 0 Å². The number of rotatable bonds is 5. The summed E-state index contributed by atoms with van der Waals surface area (Å²) in [6, 6.07) is 9.14. The van der Waals surface area contributed by atoms with E-state index in [4.69, 9.17) is 4.74 Å². The molecule has 0 atom stereocenters. The number of hydrogen-bond acceptors (Lipinski definition) is 4. The number of nitrogens with zero attached hydrogens (tertiary/aromatic N) is 2. The van der Waals surface area contributed by atoms with Crippen LogP contribution in [0.15, 0.2) is 30.3 Å². The predicted octanol–water partition coefficient (Wildman–Crippen LogP) is 1.93. The number of aromatic amines is 1. The molecule has 6 heteroatoms. The molecule has 0 radical (unpaired) electrons. The Hall–Kier alpha value is -2.34. The molecule has 0 fully saturated rings. The van der Waals surface area contributed by atoms with Crippen LogP contribution in [-0.2, 0) is 0 Å². The van der Waals surface area contributed by atoms with Gasteiger partial charge in [0.1, 0.15) is 11.4 Å². The van der Waals surface area contributed by atoms with E-state index >= 15 is 0 Å². The molecule has 0 unspecified atom stereocenters. The minimum absolute atomic E-state index is 0.214. The number of methoxy groups -OCH3 is 1. The molecule has 2 N–H and O–H groups in total. The maximum absolute atomic E-state index is 12.3. The number of ether oxygens (including phenoxy) is 1. The summed E-state index contributed by atoms with van der Waals surface area (Å²) >= 11 is 0. The van der Waals surface area contributed by atoms with Gasteiger partial charge in [0.25, 0.3) is 5.91 Å². The number of aromatic nitrogens is 2. The molecule has 0 spiro atoms. The van der Waals surface area contributed by atoms with E-state index in [9.17, 15) is 9.90 Å². The summed E-state index contributed by atoms with van der Waals surface area (Å²) in [5.74, 6) is 0.551. The highest BCUT2D eigenvalue weighted by Gasteiger charge is 2.21. The molecule has 1 aromatic heterocycles. The molecule has 0 aliphatic rings. The van der Waals surface area contributed by atoms with Crippen molar-refractivity contribution in [3.63, 3.8) is 0 Å². The summed E-state index contributed by atoms with van der Waals surface area (Å²) in [6.07, 6.45) is 0. The lowest BCUT2D eigenvalue weighted by molar-refractivity contribution is 0.0365. The number of amides is 1. The molecule has 0 bridgehead atoms. The van der Waals surface area contributed by atoms with Crippen molar-refractivity contribution < 1.29 is 14.6 Å². The van der Waals surface area contributed by atoms with Gasteiger partial charge in [-0.2, -0.15) is 5.10 Å². The topological polar surface area (TPSA) is 78.5 Å². The standard InChI is InChI=1S/C16H21N3O3/c1-16(2,21)10-19(3)15(20)14-9-13(17-18-14)11-5-7-12(22-4)8-6-11/h5-9,21H,10H2,1-4H3,(H,17,18). The smallest absolute Gasteiger partial charge is 0.271 e. The molecule has 22 heavy (non-hydrogen) atoms. The fraction of sp³-hybridized carbons (Fsp3) is 0.375. The highest BCUT2D eigenvalue weighted by Crippen LogP contribution is 2.21. The molecular formula is C16H21N3O3. The lowest BCUT2D eigenvalue weighted by atomic mass is 10.1. The number of carbonyl (C=O) groups excluding carboxylic acids is 1. The van der Waals surface area contributed by atoms with Gasteiger partial charge in [0.05, 0.1) is 18.4 Å². The molecular weight excluding hydrogens is 282 g/mol. The minimum atomic E-state index is -0.941. The van der Waals surface area contributed by atoms with Crippen LogP contribution >= 0.6 is 0 Å². The van der Waals surface area contributed by atoms with Gasteiger partial charge in [0.2, 0.25) is 0 Å². The van der Waals surface area contributed by atoms with Gasteiger partial charge in [-0.1, -0.05) is 0 Å². The SMILES string of the molecule is COc1ccc(-c2cc(C(=O)N(C)CC(C)(C)O)[nH]n2)cc1. The third kappa shape index (κ3) is 3.85. The Morgan fingerprint density at radius 1 is 1.36 bits per heavy atom. The maximum atomic E-state index is 12.3. The van der Waals surface area contributed by atoms with Crippen molar-refractivity contribution in [1.82, 2.24) is 15.1 Å². The number of aliphatic hydroxyl groups is 1. The van der Waals surface area contributed by atoms with Crippen LogP contribution in [0.2, 0.25) is 0 Å². The second kappa shape index (κ2) is 6.19. The van der Waals surface area contributed by atoms with Crippen molar-refractivity contribution in [3.05, 3.63) is 36.0 Å². The van der Waals surface area contributed by atoms with Crippen molar-refractivity contribution in [2.24, 2.45) is 0 Å². The molecule has 1 aromatic carbocycles. The van der Waals surface area contributed by atoms with Crippen LogP contribution in [0.25, 0.3) is 11.3 Å².